The van der Waals surface area contributed by atoms with Gasteiger partial charge in [0.25, 0.3) is 5.91 Å². The lowest BCUT2D eigenvalue weighted by molar-refractivity contribution is 0.102. The van der Waals surface area contributed by atoms with Gasteiger partial charge in [-0.15, -0.1) is 0 Å². The fraction of sp³-hybridized carbons (Fsp3) is 0.0667. The van der Waals surface area contributed by atoms with Crippen molar-refractivity contribution in [1.82, 2.24) is 0 Å². The monoisotopic (exact) mass is 285 g/mol. The third-order valence-corrected chi connectivity index (χ3v) is 2.70. The van der Waals surface area contributed by atoms with Crippen LogP contribution >= 0.6 is 0 Å². The number of ether oxygens (including phenoxy) is 1. The number of benzene rings is 2. The summed E-state index contributed by atoms with van der Waals surface area (Å²) in [6, 6.07) is 13.4. The Kier molecular flexibility index (Phi) is 4.40. The molecule has 21 heavy (non-hydrogen) atoms. The fourth-order valence-corrected chi connectivity index (χ4v) is 1.73. The van der Waals surface area contributed by atoms with Crippen LogP contribution in [0.15, 0.2) is 48.5 Å². The summed E-state index contributed by atoms with van der Waals surface area (Å²) in [5.41, 5.74) is 7.69. The van der Waals surface area contributed by atoms with Gasteiger partial charge in [-0.25, -0.2) is 4.79 Å². The zero-order chi connectivity index (χ0) is 15.2. The molecular formula is C15H15N3O3. The summed E-state index contributed by atoms with van der Waals surface area (Å²) in [6.45, 7) is 0. The highest BCUT2D eigenvalue weighted by molar-refractivity contribution is 6.05. The number of anilines is 3. The van der Waals surface area contributed by atoms with Crippen LogP contribution in [0.1, 0.15) is 10.4 Å². The van der Waals surface area contributed by atoms with Crippen LogP contribution in [0.3, 0.4) is 0 Å². The molecule has 2 aromatic rings. The van der Waals surface area contributed by atoms with E-state index in [1.54, 1.807) is 48.5 Å². The van der Waals surface area contributed by atoms with Gasteiger partial charge in [0.2, 0.25) is 0 Å². The van der Waals surface area contributed by atoms with Crippen molar-refractivity contribution >= 4 is 29.1 Å². The molecule has 0 aliphatic rings. The first-order valence-corrected chi connectivity index (χ1v) is 6.20. The second-order valence-electron chi connectivity index (χ2n) is 4.28. The molecule has 6 heteroatoms. The Morgan fingerprint density at radius 2 is 1.67 bits per heavy atom. The molecule has 2 aromatic carbocycles. The Morgan fingerprint density at radius 1 is 1.00 bits per heavy atom. The lowest BCUT2D eigenvalue weighted by atomic mass is 10.2. The predicted molar refractivity (Wildman–Crippen MR) is 81.3 cm³/mol. The van der Waals surface area contributed by atoms with Gasteiger partial charge in [0.15, 0.2) is 0 Å². The van der Waals surface area contributed by atoms with Crippen molar-refractivity contribution in [3.63, 3.8) is 0 Å². The largest absolute Gasteiger partial charge is 0.453 e. The number of nitrogens with one attached hydrogen (secondary N) is 2. The molecule has 0 unspecified atom stereocenters. The van der Waals surface area contributed by atoms with Gasteiger partial charge in [-0.1, -0.05) is 12.1 Å². The van der Waals surface area contributed by atoms with Crippen molar-refractivity contribution < 1.29 is 14.3 Å². The number of hydrogen-bond acceptors (Lipinski definition) is 4. The lowest BCUT2D eigenvalue weighted by Crippen LogP contribution is -2.13. The van der Waals surface area contributed by atoms with Crippen molar-refractivity contribution in [2.24, 2.45) is 0 Å². The van der Waals surface area contributed by atoms with Crippen LogP contribution in [0.5, 0.6) is 0 Å². The van der Waals surface area contributed by atoms with E-state index in [4.69, 9.17) is 5.73 Å². The highest BCUT2D eigenvalue weighted by atomic mass is 16.5. The molecule has 0 saturated carbocycles. The number of rotatable bonds is 3. The van der Waals surface area contributed by atoms with Gasteiger partial charge in [-0.3, -0.25) is 10.1 Å². The first-order valence-electron chi connectivity index (χ1n) is 6.20. The molecule has 2 rings (SSSR count). The molecule has 4 N–H and O–H groups in total. The Labute approximate surface area is 121 Å². The van der Waals surface area contributed by atoms with Crippen LogP contribution in [0, 0.1) is 0 Å². The van der Waals surface area contributed by atoms with E-state index in [9.17, 15) is 9.59 Å². The number of carbonyl (C=O) groups excluding carboxylic acids is 2. The third-order valence-electron chi connectivity index (χ3n) is 2.70. The van der Waals surface area contributed by atoms with Gasteiger partial charge in [-0.05, 0) is 36.4 Å². The van der Waals surface area contributed by atoms with Crippen LogP contribution < -0.4 is 16.4 Å². The zero-order valence-electron chi connectivity index (χ0n) is 11.4. The lowest BCUT2D eigenvalue weighted by Gasteiger charge is -2.08. The summed E-state index contributed by atoms with van der Waals surface area (Å²) < 4.78 is 4.51. The average Bonchev–Trinajstić information content (AvgIpc) is 2.47. The van der Waals surface area contributed by atoms with E-state index in [1.807, 2.05) is 0 Å². The second kappa shape index (κ2) is 6.42. The molecule has 0 bridgehead atoms. The van der Waals surface area contributed by atoms with Gasteiger partial charge in [-0.2, -0.15) is 0 Å². The average molecular weight is 285 g/mol. The molecule has 0 atom stereocenters. The maximum atomic E-state index is 12.1. The highest BCUT2D eigenvalue weighted by Crippen LogP contribution is 2.17. The van der Waals surface area contributed by atoms with E-state index in [2.05, 4.69) is 15.4 Å². The summed E-state index contributed by atoms with van der Waals surface area (Å²) in [6.07, 6.45) is -0.575. The standard InChI is InChI=1S/C15H15N3O3/c1-21-15(20)18-13-7-3-6-12(9-13)17-14(19)10-4-2-5-11(16)8-10/h2-9H,16H2,1H3,(H,17,19)(H,18,20). The Bertz CT molecular complexity index is 671. The van der Waals surface area contributed by atoms with Gasteiger partial charge >= 0.3 is 6.09 Å². The van der Waals surface area contributed by atoms with E-state index in [0.29, 0.717) is 22.6 Å². The maximum absolute atomic E-state index is 12.1. The van der Waals surface area contributed by atoms with Gasteiger partial charge in [0, 0.05) is 22.6 Å². The minimum Gasteiger partial charge on any atom is -0.453 e. The van der Waals surface area contributed by atoms with E-state index < -0.39 is 6.09 Å². The van der Waals surface area contributed by atoms with Crippen LogP contribution in [0.4, 0.5) is 21.9 Å². The van der Waals surface area contributed by atoms with Gasteiger partial charge in [0.05, 0.1) is 7.11 Å². The predicted octanol–water partition coefficient (Wildman–Crippen LogP) is 2.70. The molecule has 6 nitrogen and oxygen atoms in total. The van der Waals surface area contributed by atoms with Crippen molar-refractivity contribution in [1.29, 1.82) is 0 Å². The molecule has 2 amide bonds. The number of carbonyl (C=O) groups is 2. The van der Waals surface area contributed by atoms with Crippen molar-refractivity contribution in [2.45, 2.75) is 0 Å². The first-order chi connectivity index (χ1) is 10.1. The number of amides is 2. The third kappa shape index (κ3) is 3.97. The normalized spacial score (nSPS) is 9.76. The van der Waals surface area contributed by atoms with Gasteiger partial charge in [0.1, 0.15) is 0 Å². The van der Waals surface area contributed by atoms with Crippen LogP contribution in [-0.4, -0.2) is 19.1 Å². The van der Waals surface area contributed by atoms with E-state index in [0.717, 1.165) is 0 Å². The molecule has 0 spiro atoms. The van der Waals surface area contributed by atoms with Crippen LogP contribution in [0.25, 0.3) is 0 Å². The summed E-state index contributed by atoms with van der Waals surface area (Å²) >= 11 is 0. The van der Waals surface area contributed by atoms with Crippen molar-refractivity contribution in [3.8, 4) is 0 Å². The first kappa shape index (κ1) is 14.4. The highest BCUT2D eigenvalue weighted by Gasteiger charge is 2.07. The van der Waals surface area contributed by atoms with Gasteiger partial charge < -0.3 is 15.8 Å². The fourth-order valence-electron chi connectivity index (χ4n) is 1.73. The minimum absolute atomic E-state index is 0.280. The molecule has 0 aromatic heterocycles. The molecule has 108 valence electrons. The zero-order valence-corrected chi connectivity index (χ0v) is 11.4. The smallest absolute Gasteiger partial charge is 0.411 e. The summed E-state index contributed by atoms with van der Waals surface area (Å²) in [5, 5.41) is 5.25. The Hall–Kier alpha value is -3.02. The van der Waals surface area contributed by atoms with E-state index >= 15 is 0 Å². The van der Waals surface area contributed by atoms with Crippen LogP contribution in [0.2, 0.25) is 0 Å². The molecular weight excluding hydrogens is 270 g/mol. The minimum atomic E-state index is -0.575. The molecule has 0 fully saturated rings. The van der Waals surface area contributed by atoms with E-state index in [1.165, 1.54) is 7.11 Å². The van der Waals surface area contributed by atoms with Crippen LogP contribution in [-0.2, 0) is 4.74 Å². The molecule has 0 heterocycles. The number of hydrogen-bond donors (Lipinski definition) is 3. The number of methoxy groups -OCH3 is 1. The summed E-state index contributed by atoms with van der Waals surface area (Å²) in [7, 11) is 1.28. The Morgan fingerprint density at radius 3 is 2.33 bits per heavy atom. The number of nitrogens with two attached hydrogens (primary N) is 1. The molecule has 0 saturated heterocycles. The summed E-state index contributed by atoms with van der Waals surface area (Å²) in [4.78, 5) is 23.2. The summed E-state index contributed by atoms with van der Waals surface area (Å²) in [5.74, 6) is -0.280. The molecule has 0 aliphatic heterocycles. The van der Waals surface area contributed by atoms with Crippen molar-refractivity contribution in [2.75, 3.05) is 23.5 Å². The maximum Gasteiger partial charge on any atom is 0.411 e. The molecule has 0 radical (unpaired) electrons. The number of nitrogen functional groups attached to an aromatic ring is 1. The van der Waals surface area contributed by atoms with E-state index in [-0.39, 0.29) is 5.91 Å². The van der Waals surface area contributed by atoms with Crippen molar-refractivity contribution in [3.05, 3.63) is 54.1 Å². The molecule has 0 aliphatic carbocycles. The SMILES string of the molecule is COC(=O)Nc1cccc(NC(=O)c2cccc(N)c2)c1. The Balaban J connectivity index is 2.11. The quantitative estimate of drug-likeness (QED) is 0.756. The second-order valence-corrected chi connectivity index (χ2v) is 4.28. The topological polar surface area (TPSA) is 93.5 Å².